The van der Waals surface area contributed by atoms with Crippen molar-refractivity contribution in [2.24, 2.45) is 4.99 Å². The van der Waals surface area contributed by atoms with Gasteiger partial charge in [0.05, 0.1) is 16.3 Å². The Morgan fingerprint density at radius 2 is 1.86 bits per heavy atom. The average Bonchev–Trinajstić information content (AvgIpc) is 2.96. The van der Waals surface area contributed by atoms with E-state index >= 15 is 0 Å². The molecule has 2 aromatic carbocycles. The summed E-state index contributed by atoms with van der Waals surface area (Å²) in [6, 6.07) is 5.10. The van der Waals surface area contributed by atoms with Crippen molar-refractivity contribution >= 4 is 54.1 Å². The zero-order chi connectivity index (χ0) is 21.5. The van der Waals surface area contributed by atoms with Crippen LogP contribution in [0.2, 0.25) is 0 Å². The van der Waals surface area contributed by atoms with Crippen molar-refractivity contribution < 1.29 is 24.9 Å². The number of halogens is 1. The molecule has 0 aliphatic heterocycles. The van der Waals surface area contributed by atoms with Crippen molar-refractivity contribution in [2.75, 3.05) is 7.11 Å². The number of carbonyl (C=O) groups is 1. The molecule has 0 unspecified atom stereocenters. The number of fused-ring (bicyclic) bond motifs is 1. The first-order valence-electron chi connectivity index (χ1n) is 8.51. The van der Waals surface area contributed by atoms with Gasteiger partial charge in [0.1, 0.15) is 16.6 Å². The van der Waals surface area contributed by atoms with E-state index in [0.717, 1.165) is 16.5 Å². The standard InChI is InChI=1S/C20H19BrN2O5S/c1-8-5-11-9(2)20(29-18(11)13(25)6-8)23-19(22-10(3)24)12-7-14(28-4)16(26)17(27)15(12)21/h5-7,25-27H,1-4H3,(H,22,23,24). The Labute approximate surface area is 179 Å². The van der Waals surface area contributed by atoms with Gasteiger partial charge in [-0.05, 0) is 59.1 Å². The van der Waals surface area contributed by atoms with E-state index in [4.69, 9.17) is 4.74 Å². The van der Waals surface area contributed by atoms with Crippen LogP contribution in [0.4, 0.5) is 5.00 Å². The van der Waals surface area contributed by atoms with Crippen LogP contribution in [0.15, 0.2) is 27.7 Å². The number of nitrogens with one attached hydrogen (secondary N) is 1. The number of hydrogen-bond acceptors (Lipinski definition) is 7. The third kappa shape index (κ3) is 3.88. The van der Waals surface area contributed by atoms with Crippen molar-refractivity contribution in [3.05, 3.63) is 39.4 Å². The predicted octanol–water partition coefficient (Wildman–Crippen LogP) is 4.62. The fraction of sp³-hybridized carbons (Fsp3) is 0.200. The number of aromatic hydroxyl groups is 3. The van der Waals surface area contributed by atoms with Crippen molar-refractivity contribution in [1.29, 1.82) is 0 Å². The summed E-state index contributed by atoms with van der Waals surface area (Å²) < 4.78 is 5.95. The molecule has 0 spiro atoms. The van der Waals surface area contributed by atoms with Crippen LogP contribution in [0.3, 0.4) is 0 Å². The number of phenols is 3. The lowest BCUT2D eigenvalue weighted by Crippen LogP contribution is -2.29. The molecular formula is C20H19BrN2O5S. The summed E-state index contributed by atoms with van der Waals surface area (Å²) in [7, 11) is 1.35. The first-order chi connectivity index (χ1) is 13.6. The third-order valence-electron chi connectivity index (χ3n) is 4.30. The molecule has 0 radical (unpaired) electrons. The number of carbonyl (C=O) groups excluding carboxylic acids is 1. The minimum absolute atomic E-state index is 0.0279. The average molecular weight is 479 g/mol. The highest BCUT2D eigenvalue weighted by atomic mass is 79.9. The number of rotatable bonds is 3. The van der Waals surface area contributed by atoms with Gasteiger partial charge in [0.2, 0.25) is 11.7 Å². The van der Waals surface area contributed by atoms with E-state index in [2.05, 4.69) is 26.2 Å². The third-order valence-corrected chi connectivity index (χ3v) is 6.32. The van der Waals surface area contributed by atoms with Gasteiger partial charge in [0.15, 0.2) is 11.5 Å². The van der Waals surface area contributed by atoms with Crippen LogP contribution in [0, 0.1) is 13.8 Å². The predicted molar refractivity (Wildman–Crippen MR) is 117 cm³/mol. The van der Waals surface area contributed by atoms with Crippen LogP contribution in [0.1, 0.15) is 23.6 Å². The molecule has 0 saturated heterocycles. The number of methoxy groups -OCH3 is 1. The van der Waals surface area contributed by atoms with Crippen molar-refractivity contribution in [1.82, 2.24) is 5.32 Å². The summed E-state index contributed by atoms with van der Waals surface area (Å²) in [5, 5.41) is 34.6. The molecule has 0 aliphatic carbocycles. The van der Waals surface area contributed by atoms with E-state index in [1.807, 2.05) is 19.9 Å². The monoisotopic (exact) mass is 478 g/mol. The molecule has 29 heavy (non-hydrogen) atoms. The van der Waals surface area contributed by atoms with Gasteiger partial charge >= 0.3 is 0 Å². The molecule has 3 rings (SSSR count). The van der Waals surface area contributed by atoms with Gasteiger partial charge in [0.25, 0.3) is 0 Å². The van der Waals surface area contributed by atoms with Crippen LogP contribution in [0.25, 0.3) is 10.1 Å². The lowest BCUT2D eigenvalue weighted by atomic mass is 10.1. The number of benzene rings is 2. The van der Waals surface area contributed by atoms with Crippen molar-refractivity contribution in [3.63, 3.8) is 0 Å². The molecule has 9 heteroatoms. The molecule has 0 aliphatic rings. The highest BCUT2D eigenvalue weighted by Crippen LogP contribution is 2.45. The van der Waals surface area contributed by atoms with Crippen molar-refractivity contribution in [3.8, 4) is 23.0 Å². The number of aliphatic imine (C=N–C) groups is 1. The summed E-state index contributed by atoms with van der Waals surface area (Å²) in [6.07, 6.45) is 0. The van der Waals surface area contributed by atoms with Crippen LogP contribution in [0.5, 0.6) is 23.0 Å². The molecule has 0 saturated carbocycles. The molecule has 4 N–H and O–H groups in total. The fourth-order valence-electron chi connectivity index (χ4n) is 2.90. The molecule has 7 nitrogen and oxygen atoms in total. The molecular weight excluding hydrogens is 460 g/mol. The summed E-state index contributed by atoms with van der Waals surface area (Å²) in [5.74, 6) is -0.869. The first-order valence-corrected chi connectivity index (χ1v) is 10.1. The summed E-state index contributed by atoms with van der Waals surface area (Å²) in [4.78, 5) is 16.4. The van der Waals surface area contributed by atoms with E-state index in [9.17, 15) is 20.1 Å². The van der Waals surface area contributed by atoms with Gasteiger partial charge in [-0.2, -0.15) is 0 Å². The minimum atomic E-state index is -0.432. The number of aryl methyl sites for hydroxylation is 2. The summed E-state index contributed by atoms with van der Waals surface area (Å²) in [5.41, 5.74) is 2.09. The Hall–Kier alpha value is -2.78. The minimum Gasteiger partial charge on any atom is -0.506 e. The van der Waals surface area contributed by atoms with E-state index in [1.165, 1.54) is 31.4 Å². The molecule has 0 atom stereocenters. The van der Waals surface area contributed by atoms with E-state index in [1.54, 1.807) is 6.07 Å². The Morgan fingerprint density at radius 3 is 2.48 bits per heavy atom. The lowest BCUT2D eigenvalue weighted by Gasteiger charge is -2.14. The van der Waals surface area contributed by atoms with Gasteiger partial charge in [0, 0.05) is 17.9 Å². The first kappa shape index (κ1) is 20.9. The van der Waals surface area contributed by atoms with Crippen LogP contribution >= 0.6 is 27.3 Å². The van der Waals surface area contributed by atoms with Crippen LogP contribution in [-0.4, -0.2) is 34.2 Å². The Bertz CT molecular complexity index is 1170. The zero-order valence-corrected chi connectivity index (χ0v) is 18.5. The fourth-order valence-corrected chi connectivity index (χ4v) is 4.47. The Balaban J connectivity index is 2.27. The Morgan fingerprint density at radius 1 is 1.17 bits per heavy atom. The maximum atomic E-state index is 11.8. The number of amides is 1. The highest BCUT2D eigenvalue weighted by molar-refractivity contribution is 9.10. The second-order valence-electron chi connectivity index (χ2n) is 6.47. The number of nitrogens with zero attached hydrogens (tertiary/aromatic N) is 1. The van der Waals surface area contributed by atoms with E-state index in [-0.39, 0.29) is 27.7 Å². The molecule has 152 valence electrons. The number of amidine groups is 1. The van der Waals surface area contributed by atoms with Gasteiger partial charge in [-0.15, -0.1) is 11.3 Å². The van der Waals surface area contributed by atoms with Gasteiger partial charge in [-0.1, -0.05) is 0 Å². The highest BCUT2D eigenvalue weighted by Gasteiger charge is 2.21. The second-order valence-corrected chi connectivity index (χ2v) is 8.26. The van der Waals surface area contributed by atoms with Gasteiger partial charge < -0.3 is 25.4 Å². The number of ether oxygens (including phenoxy) is 1. The van der Waals surface area contributed by atoms with Crippen LogP contribution in [-0.2, 0) is 4.79 Å². The second kappa shape index (κ2) is 7.92. The number of thiophene rings is 1. The maximum Gasteiger partial charge on any atom is 0.222 e. The van der Waals surface area contributed by atoms with Gasteiger partial charge in [-0.3, -0.25) is 4.79 Å². The van der Waals surface area contributed by atoms with Gasteiger partial charge in [-0.25, -0.2) is 4.99 Å². The molecule has 3 aromatic rings. The molecule has 0 fully saturated rings. The number of phenolic OH excluding ortho intramolecular Hbond substituents is 3. The zero-order valence-electron chi connectivity index (χ0n) is 16.1. The van der Waals surface area contributed by atoms with Crippen molar-refractivity contribution in [2.45, 2.75) is 20.8 Å². The van der Waals surface area contributed by atoms with Crippen LogP contribution < -0.4 is 10.1 Å². The maximum absolute atomic E-state index is 11.8. The summed E-state index contributed by atoms with van der Waals surface area (Å²) >= 11 is 4.52. The summed E-state index contributed by atoms with van der Waals surface area (Å²) in [6.45, 7) is 5.12. The SMILES string of the molecule is COc1cc(/C(=N/c2sc3c(O)cc(C)cc3c2C)NC(C)=O)c(Br)c(O)c1O. The quantitative estimate of drug-likeness (QED) is 0.249. The smallest absolute Gasteiger partial charge is 0.222 e. The largest absolute Gasteiger partial charge is 0.506 e. The topological polar surface area (TPSA) is 111 Å². The lowest BCUT2D eigenvalue weighted by molar-refractivity contribution is -0.117. The molecule has 1 amide bonds. The molecule has 1 aromatic heterocycles. The van der Waals surface area contributed by atoms with E-state index < -0.39 is 11.5 Å². The number of hydrogen-bond donors (Lipinski definition) is 4. The normalized spacial score (nSPS) is 11.7. The molecule has 0 bridgehead atoms. The molecule has 1 heterocycles. The Kier molecular flexibility index (Phi) is 5.72. The van der Waals surface area contributed by atoms with E-state index in [0.29, 0.717) is 15.3 Å².